The van der Waals surface area contributed by atoms with Crippen molar-refractivity contribution in [3.05, 3.63) is 26.6 Å². The summed E-state index contributed by atoms with van der Waals surface area (Å²) in [5.41, 5.74) is 0.606. The van der Waals surface area contributed by atoms with Crippen molar-refractivity contribution in [2.24, 2.45) is 0 Å². The summed E-state index contributed by atoms with van der Waals surface area (Å²) in [5, 5.41) is 48.6. The number of nitrogen functional groups attached to an aromatic ring is 1. The molecule has 0 aromatic carbocycles. The van der Waals surface area contributed by atoms with E-state index in [1.165, 1.54) is 11.3 Å². The number of nitrogens with two attached hydrogens (primary N) is 1. The Morgan fingerprint density at radius 1 is 1.18 bits per heavy atom. The van der Waals surface area contributed by atoms with Crippen molar-refractivity contribution in [2.45, 2.75) is 49.8 Å². The van der Waals surface area contributed by atoms with Gasteiger partial charge in [0.25, 0.3) is 11.3 Å². The molecule has 0 radical (unpaired) electrons. The lowest BCUT2D eigenvalue weighted by Crippen LogP contribution is -2.55. The van der Waals surface area contributed by atoms with Crippen LogP contribution in [0.1, 0.15) is 28.8 Å². The van der Waals surface area contributed by atoms with Gasteiger partial charge in [0.15, 0.2) is 5.82 Å². The highest BCUT2D eigenvalue weighted by atomic mass is 32.1. The third-order valence-corrected chi connectivity index (χ3v) is 6.85. The minimum absolute atomic E-state index is 0.0735. The van der Waals surface area contributed by atoms with Crippen LogP contribution in [0.5, 0.6) is 0 Å². The van der Waals surface area contributed by atoms with Crippen molar-refractivity contribution in [1.82, 2.24) is 19.3 Å². The summed E-state index contributed by atoms with van der Waals surface area (Å²) >= 11 is 1.45. The summed E-state index contributed by atoms with van der Waals surface area (Å²) in [6, 6.07) is 0. The second-order valence-electron chi connectivity index (χ2n) is 7.16. The Kier molecular flexibility index (Phi) is 3.98. The summed E-state index contributed by atoms with van der Waals surface area (Å²) in [6.45, 7) is -0.553. The number of thiophene rings is 1. The molecule has 1 aliphatic carbocycles. The standard InChI is InChI=1S/C16H19N5O6S/c17-21-14(26)8-5-2-1-3-7(5)28-15(8)20-13(18-19-16(20)21)12-11(25)10(24)9(23)6(4-22)27-12/h6,9-12,22-25H,1-4,17H2/t6-,9-,10+,11+,12?/m1/s1. The molecular formula is C16H19N5O6S. The Hall–Kier alpha value is -2.09. The van der Waals surface area contributed by atoms with E-state index in [2.05, 4.69) is 10.2 Å². The predicted molar refractivity (Wildman–Crippen MR) is 97.5 cm³/mol. The summed E-state index contributed by atoms with van der Waals surface area (Å²) in [6.07, 6.45) is -4.16. The van der Waals surface area contributed by atoms with Crippen molar-refractivity contribution in [3.63, 3.8) is 0 Å². The Bertz CT molecular complexity index is 1140. The van der Waals surface area contributed by atoms with Crippen molar-refractivity contribution in [1.29, 1.82) is 0 Å². The largest absolute Gasteiger partial charge is 0.394 e. The highest BCUT2D eigenvalue weighted by Crippen LogP contribution is 2.38. The minimum Gasteiger partial charge on any atom is -0.394 e. The molecule has 28 heavy (non-hydrogen) atoms. The molecular weight excluding hydrogens is 390 g/mol. The van der Waals surface area contributed by atoms with Gasteiger partial charge in [0.2, 0.25) is 0 Å². The summed E-state index contributed by atoms with van der Waals surface area (Å²) < 4.78 is 8.08. The first-order valence-corrected chi connectivity index (χ1v) is 9.75. The van der Waals surface area contributed by atoms with Crippen molar-refractivity contribution in [3.8, 4) is 0 Å². The highest BCUT2D eigenvalue weighted by molar-refractivity contribution is 7.19. The van der Waals surface area contributed by atoms with Crippen LogP contribution in [0.2, 0.25) is 0 Å². The normalized spacial score (nSPS) is 30.4. The second kappa shape index (κ2) is 6.20. The summed E-state index contributed by atoms with van der Waals surface area (Å²) in [5.74, 6) is 6.18. The van der Waals surface area contributed by atoms with Crippen LogP contribution in [0.25, 0.3) is 16.0 Å². The number of nitrogens with zero attached hydrogens (tertiary/aromatic N) is 4. The fourth-order valence-electron chi connectivity index (χ4n) is 4.12. The van der Waals surface area contributed by atoms with Gasteiger partial charge in [-0.25, -0.2) is 0 Å². The monoisotopic (exact) mass is 409 g/mol. The average molecular weight is 409 g/mol. The highest BCUT2D eigenvalue weighted by Gasteiger charge is 2.46. The average Bonchev–Trinajstić information content (AvgIpc) is 3.38. The van der Waals surface area contributed by atoms with E-state index < -0.39 is 37.1 Å². The molecule has 5 atom stereocenters. The number of fused-ring (bicyclic) bond motifs is 5. The quantitative estimate of drug-likeness (QED) is 0.296. The molecule has 1 saturated heterocycles. The van der Waals surface area contributed by atoms with E-state index in [1.54, 1.807) is 4.40 Å². The van der Waals surface area contributed by atoms with E-state index in [0.717, 1.165) is 34.4 Å². The van der Waals surface area contributed by atoms with E-state index in [-0.39, 0.29) is 17.2 Å². The third kappa shape index (κ3) is 2.24. The van der Waals surface area contributed by atoms with Crippen LogP contribution in [0.15, 0.2) is 4.79 Å². The molecule has 1 fully saturated rings. The fourth-order valence-corrected chi connectivity index (χ4v) is 5.50. The maximum atomic E-state index is 12.8. The van der Waals surface area contributed by atoms with E-state index in [4.69, 9.17) is 10.6 Å². The van der Waals surface area contributed by atoms with Gasteiger partial charge in [0.05, 0.1) is 12.0 Å². The molecule has 5 rings (SSSR count). The third-order valence-electron chi connectivity index (χ3n) is 5.57. The van der Waals surface area contributed by atoms with E-state index in [0.29, 0.717) is 10.2 Å². The second-order valence-corrected chi connectivity index (χ2v) is 8.24. The van der Waals surface area contributed by atoms with Crippen LogP contribution >= 0.6 is 11.3 Å². The van der Waals surface area contributed by atoms with Crippen LogP contribution in [0.3, 0.4) is 0 Å². The molecule has 6 N–H and O–H groups in total. The van der Waals surface area contributed by atoms with E-state index >= 15 is 0 Å². The molecule has 2 aliphatic rings. The number of hydrogen-bond donors (Lipinski definition) is 5. The molecule has 0 saturated carbocycles. The maximum absolute atomic E-state index is 12.8. The molecule has 11 nitrogen and oxygen atoms in total. The Morgan fingerprint density at radius 2 is 1.96 bits per heavy atom. The predicted octanol–water partition coefficient (Wildman–Crippen LogP) is -2.18. The molecule has 3 aromatic rings. The zero-order valence-corrected chi connectivity index (χ0v) is 15.4. The SMILES string of the molecule is Nn1c(=O)c2c3c(sc2n2c(C4O[C@H](CO)[C@@H](O)[C@H](O)[C@@H]4O)nnc12)CCC3. The van der Waals surface area contributed by atoms with Gasteiger partial charge in [0, 0.05) is 4.88 Å². The van der Waals surface area contributed by atoms with Gasteiger partial charge in [0.1, 0.15) is 35.4 Å². The van der Waals surface area contributed by atoms with Gasteiger partial charge in [-0.2, -0.15) is 4.68 Å². The number of aliphatic hydroxyl groups is 4. The summed E-state index contributed by atoms with van der Waals surface area (Å²) in [4.78, 5) is 14.5. The Labute approximate surface area is 161 Å². The van der Waals surface area contributed by atoms with Crippen LogP contribution in [0, 0.1) is 0 Å². The molecule has 4 heterocycles. The van der Waals surface area contributed by atoms with Gasteiger partial charge in [-0.1, -0.05) is 0 Å². The summed E-state index contributed by atoms with van der Waals surface area (Å²) in [7, 11) is 0. The molecule has 150 valence electrons. The molecule has 1 aliphatic heterocycles. The molecule has 0 amide bonds. The van der Waals surface area contributed by atoms with Gasteiger partial charge >= 0.3 is 0 Å². The molecule has 3 aromatic heterocycles. The number of aryl methyl sites for hydroxylation is 2. The molecule has 12 heteroatoms. The Morgan fingerprint density at radius 3 is 2.71 bits per heavy atom. The Balaban J connectivity index is 1.76. The van der Waals surface area contributed by atoms with Crippen LogP contribution in [-0.4, -0.2) is 70.7 Å². The van der Waals surface area contributed by atoms with Crippen molar-refractivity contribution >= 4 is 27.3 Å². The van der Waals surface area contributed by atoms with Gasteiger partial charge in [-0.05, 0) is 24.8 Å². The van der Waals surface area contributed by atoms with Crippen LogP contribution < -0.4 is 11.4 Å². The molecule has 0 spiro atoms. The first-order chi connectivity index (χ1) is 13.4. The number of ether oxygens (including phenoxy) is 1. The fraction of sp³-hybridized carbons (Fsp3) is 0.562. The van der Waals surface area contributed by atoms with E-state index in [1.807, 2.05) is 0 Å². The number of hydrogen-bond acceptors (Lipinski definition) is 10. The van der Waals surface area contributed by atoms with Crippen molar-refractivity contribution in [2.75, 3.05) is 12.4 Å². The minimum atomic E-state index is -1.55. The van der Waals surface area contributed by atoms with Crippen molar-refractivity contribution < 1.29 is 25.2 Å². The number of rotatable bonds is 2. The zero-order chi connectivity index (χ0) is 19.7. The number of aliphatic hydroxyl groups excluding tert-OH is 4. The lowest BCUT2D eigenvalue weighted by atomic mass is 9.95. The lowest BCUT2D eigenvalue weighted by molar-refractivity contribution is -0.233. The zero-order valence-electron chi connectivity index (χ0n) is 14.6. The molecule has 0 bridgehead atoms. The number of aromatic nitrogens is 4. The van der Waals surface area contributed by atoms with Crippen LogP contribution in [0.4, 0.5) is 0 Å². The van der Waals surface area contributed by atoms with E-state index in [9.17, 15) is 25.2 Å². The van der Waals surface area contributed by atoms with Crippen LogP contribution in [-0.2, 0) is 17.6 Å². The van der Waals surface area contributed by atoms with Gasteiger partial charge in [-0.3, -0.25) is 9.20 Å². The lowest BCUT2D eigenvalue weighted by Gasteiger charge is -2.39. The first-order valence-electron chi connectivity index (χ1n) is 8.94. The first kappa shape index (κ1) is 18.0. The smallest absolute Gasteiger partial charge is 0.282 e. The van der Waals surface area contributed by atoms with Gasteiger partial charge < -0.3 is 31.0 Å². The van der Waals surface area contributed by atoms with Gasteiger partial charge in [-0.15, -0.1) is 21.5 Å². The topological polar surface area (TPSA) is 168 Å². The molecule has 1 unspecified atom stereocenters. The maximum Gasteiger partial charge on any atom is 0.282 e.